The Kier molecular flexibility index (Phi) is 7.78. The maximum absolute atomic E-state index is 11.0. The van der Waals surface area contributed by atoms with E-state index < -0.39 is 4.92 Å². The van der Waals surface area contributed by atoms with E-state index in [-0.39, 0.29) is 23.5 Å². The Labute approximate surface area is 237 Å². The van der Waals surface area contributed by atoms with Crippen LogP contribution in [-0.2, 0) is 0 Å². The second kappa shape index (κ2) is 11.7. The summed E-state index contributed by atoms with van der Waals surface area (Å²) >= 11 is 3.43. The fourth-order valence-corrected chi connectivity index (χ4v) is 3.89. The first-order chi connectivity index (χ1) is 19.3. The van der Waals surface area contributed by atoms with Gasteiger partial charge in [0.25, 0.3) is 5.69 Å². The van der Waals surface area contributed by atoms with Crippen LogP contribution in [0, 0.1) is 24.0 Å². The molecule has 11 nitrogen and oxygen atoms in total. The van der Waals surface area contributed by atoms with Gasteiger partial charge in [0.2, 0.25) is 17.8 Å². The van der Waals surface area contributed by atoms with Crippen molar-refractivity contribution in [2.24, 2.45) is 5.10 Å². The summed E-state index contributed by atoms with van der Waals surface area (Å²) in [4.78, 5) is 23.8. The molecular formula is C28H23BrN8O3. The van der Waals surface area contributed by atoms with Crippen LogP contribution >= 0.6 is 15.9 Å². The molecule has 0 saturated heterocycles. The Morgan fingerprint density at radius 3 is 2.15 bits per heavy atom. The molecule has 40 heavy (non-hydrogen) atoms. The van der Waals surface area contributed by atoms with E-state index in [4.69, 9.17) is 4.42 Å². The average molecular weight is 599 g/mol. The van der Waals surface area contributed by atoms with Crippen molar-refractivity contribution in [3.05, 3.63) is 110 Å². The normalized spacial score (nSPS) is 11.0. The summed E-state index contributed by atoms with van der Waals surface area (Å²) in [5, 5.41) is 21.5. The zero-order valence-electron chi connectivity index (χ0n) is 21.4. The van der Waals surface area contributed by atoms with Crippen LogP contribution < -0.4 is 16.1 Å². The molecule has 0 amide bonds. The van der Waals surface area contributed by atoms with E-state index in [1.165, 1.54) is 23.9 Å². The Morgan fingerprint density at radius 1 is 0.825 bits per heavy atom. The van der Waals surface area contributed by atoms with Gasteiger partial charge in [-0.1, -0.05) is 34.1 Å². The van der Waals surface area contributed by atoms with E-state index in [9.17, 15) is 10.1 Å². The third-order valence-corrected chi connectivity index (χ3v) is 6.37. The second-order valence-corrected chi connectivity index (χ2v) is 9.65. The van der Waals surface area contributed by atoms with Gasteiger partial charge >= 0.3 is 0 Å². The largest absolute Gasteiger partial charge is 0.455 e. The van der Waals surface area contributed by atoms with Gasteiger partial charge in [0.05, 0.1) is 11.1 Å². The molecule has 0 aliphatic rings. The number of non-ortho nitro benzene ring substituents is 1. The van der Waals surface area contributed by atoms with Gasteiger partial charge in [0.1, 0.15) is 11.5 Å². The number of hydrazone groups is 1. The highest BCUT2D eigenvalue weighted by Crippen LogP contribution is 2.24. The molecule has 0 aliphatic carbocycles. The number of nitro benzene ring substituents is 1. The van der Waals surface area contributed by atoms with Crippen molar-refractivity contribution < 1.29 is 9.34 Å². The van der Waals surface area contributed by atoms with Gasteiger partial charge in [0.15, 0.2) is 0 Å². The summed E-state index contributed by atoms with van der Waals surface area (Å²) < 4.78 is 6.86. The summed E-state index contributed by atoms with van der Waals surface area (Å²) in [6.07, 6.45) is 1.52. The van der Waals surface area contributed by atoms with E-state index in [1.807, 2.05) is 68.4 Å². The highest BCUT2D eigenvalue weighted by molar-refractivity contribution is 9.10. The summed E-state index contributed by atoms with van der Waals surface area (Å²) in [6.45, 7) is 4.06. The fraction of sp³-hybridized carbons (Fsp3) is 0.0714. The second-order valence-electron chi connectivity index (χ2n) is 8.74. The van der Waals surface area contributed by atoms with Gasteiger partial charge in [-0.15, -0.1) is 0 Å². The highest BCUT2D eigenvalue weighted by Gasteiger charge is 2.10. The number of rotatable bonds is 9. The van der Waals surface area contributed by atoms with Crippen molar-refractivity contribution in [1.82, 2.24) is 15.0 Å². The van der Waals surface area contributed by atoms with Crippen molar-refractivity contribution in [2.45, 2.75) is 13.8 Å². The molecular weight excluding hydrogens is 576 g/mol. The van der Waals surface area contributed by atoms with Gasteiger partial charge in [0, 0.05) is 33.5 Å². The standard InChI is InChI=1S/C28H23BrN8O3/c1-17-3-8-22(15-18(17)2)32-27-33-26(31-21-9-11-23(12-10-21)37(38)39)34-28(35-27)36-30-16-24-13-14-25(40-24)19-4-6-20(29)7-5-19/h3-16H,1-2H3,(H3,31,32,33,34,35,36). The molecule has 0 saturated carbocycles. The predicted octanol–water partition coefficient (Wildman–Crippen LogP) is 7.35. The van der Waals surface area contributed by atoms with Crippen molar-refractivity contribution in [1.29, 1.82) is 0 Å². The van der Waals surface area contributed by atoms with E-state index in [2.05, 4.69) is 52.0 Å². The number of hydrogen-bond donors (Lipinski definition) is 3. The third-order valence-electron chi connectivity index (χ3n) is 5.84. The van der Waals surface area contributed by atoms with Gasteiger partial charge < -0.3 is 15.1 Å². The minimum atomic E-state index is -0.459. The molecule has 5 rings (SSSR count). The van der Waals surface area contributed by atoms with Crippen LogP contribution in [0.1, 0.15) is 16.9 Å². The zero-order valence-corrected chi connectivity index (χ0v) is 23.0. The Hall–Kier alpha value is -5.10. The molecule has 0 spiro atoms. The molecule has 2 aromatic heterocycles. The summed E-state index contributed by atoms with van der Waals surface area (Å²) in [7, 11) is 0. The molecule has 3 aromatic carbocycles. The lowest BCUT2D eigenvalue weighted by molar-refractivity contribution is -0.384. The van der Waals surface area contributed by atoms with Crippen LogP contribution in [0.25, 0.3) is 11.3 Å². The number of benzene rings is 3. The Bertz CT molecular complexity index is 1690. The predicted molar refractivity (Wildman–Crippen MR) is 158 cm³/mol. The molecule has 12 heteroatoms. The lowest BCUT2D eigenvalue weighted by Gasteiger charge is -2.11. The maximum atomic E-state index is 11.0. The number of anilines is 5. The van der Waals surface area contributed by atoms with Crippen LogP contribution in [-0.4, -0.2) is 26.1 Å². The SMILES string of the molecule is Cc1ccc(Nc2nc(NN=Cc3ccc(-c4ccc(Br)cc4)o3)nc(Nc3ccc([N+](=O)[O-])cc3)n2)cc1C. The number of aryl methyl sites for hydroxylation is 2. The number of nitrogens with zero attached hydrogens (tertiary/aromatic N) is 5. The molecule has 0 atom stereocenters. The number of hydrogen-bond acceptors (Lipinski definition) is 10. The molecule has 0 aliphatic heterocycles. The van der Waals surface area contributed by atoms with E-state index in [0.29, 0.717) is 17.2 Å². The number of nitrogens with one attached hydrogen (secondary N) is 3. The van der Waals surface area contributed by atoms with Crippen LogP contribution in [0.4, 0.5) is 34.9 Å². The van der Waals surface area contributed by atoms with Crippen molar-refractivity contribution in [3.8, 4) is 11.3 Å². The first-order valence-corrected chi connectivity index (χ1v) is 12.9. The van der Waals surface area contributed by atoms with Crippen LogP contribution in [0.2, 0.25) is 0 Å². The maximum Gasteiger partial charge on any atom is 0.269 e. The van der Waals surface area contributed by atoms with Crippen LogP contribution in [0.5, 0.6) is 0 Å². The quantitative estimate of drug-likeness (QED) is 0.0900. The molecule has 0 fully saturated rings. The first-order valence-electron chi connectivity index (χ1n) is 12.1. The minimum Gasteiger partial charge on any atom is -0.455 e. The smallest absolute Gasteiger partial charge is 0.269 e. The highest BCUT2D eigenvalue weighted by atomic mass is 79.9. The molecule has 5 aromatic rings. The topological polar surface area (TPSA) is 143 Å². The number of furan rings is 1. The van der Waals surface area contributed by atoms with Gasteiger partial charge in [-0.25, -0.2) is 5.43 Å². The summed E-state index contributed by atoms with van der Waals surface area (Å²) in [5.74, 6) is 1.90. The van der Waals surface area contributed by atoms with Crippen LogP contribution in [0.3, 0.4) is 0 Å². The monoisotopic (exact) mass is 598 g/mol. The first kappa shape index (κ1) is 26.5. The summed E-state index contributed by atoms with van der Waals surface area (Å²) in [5.41, 5.74) is 7.40. The van der Waals surface area contributed by atoms with Gasteiger partial charge in [-0.05, 0) is 73.5 Å². The van der Waals surface area contributed by atoms with Crippen molar-refractivity contribution in [2.75, 3.05) is 16.1 Å². The lowest BCUT2D eigenvalue weighted by atomic mass is 10.1. The Balaban J connectivity index is 1.36. The van der Waals surface area contributed by atoms with E-state index in [1.54, 1.807) is 12.1 Å². The van der Waals surface area contributed by atoms with Gasteiger partial charge in [-0.2, -0.15) is 20.1 Å². The minimum absolute atomic E-state index is 0.0174. The average Bonchev–Trinajstić information content (AvgIpc) is 3.40. The molecule has 3 N–H and O–H groups in total. The van der Waals surface area contributed by atoms with Crippen molar-refractivity contribution in [3.63, 3.8) is 0 Å². The fourth-order valence-electron chi connectivity index (χ4n) is 3.63. The molecule has 0 radical (unpaired) electrons. The molecule has 200 valence electrons. The molecule has 0 unspecified atom stereocenters. The Morgan fingerprint density at radius 2 is 1.48 bits per heavy atom. The third kappa shape index (κ3) is 6.66. The van der Waals surface area contributed by atoms with Gasteiger partial charge in [-0.3, -0.25) is 10.1 Å². The molecule has 2 heterocycles. The van der Waals surface area contributed by atoms with Crippen LogP contribution in [0.15, 0.2) is 92.9 Å². The summed E-state index contributed by atoms with van der Waals surface area (Å²) in [6, 6.07) is 23.3. The number of aromatic nitrogens is 3. The number of nitro groups is 1. The molecule has 0 bridgehead atoms. The lowest BCUT2D eigenvalue weighted by Crippen LogP contribution is -2.07. The zero-order chi connectivity index (χ0) is 28.1. The van der Waals surface area contributed by atoms with Crippen molar-refractivity contribution >= 4 is 57.1 Å². The van der Waals surface area contributed by atoms with E-state index in [0.717, 1.165) is 21.3 Å². The number of halogens is 1. The van der Waals surface area contributed by atoms with E-state index >= 15 is 0 Å².